The molecule has 0 amide bonds. The molecule has 0 radical (unpaired) electrons. The smallest absolute Gasteiger partial charge is 0.245 e. The summed E-state index contributed by atoms with van der Waals surface area (Å²) in [6.07, 6.45) is 0. The molecular weight excluding hydrogens is 318 g/mol. The van der Waals surface area contributed by atoms with Gasteiger partial charge in [0.2, 0.25) is 5.89 Å². The zero-order chi connectivity index (χ0) is 13.0. The van der Waals surface area contributed by atoms with E-state index in [1.165, 1.54) is 0 Å². The highest BCUT2D eigenvalue weighted by atomic mass is 79.9. The Kier molecular flexibility index (Phi) is 4.76. The molecular formula is C11H12BrN3O2S. The molecule has 0 fully saturated rings. The van der Waals surface area contributed by atoms with Crippen LogP contribution in [0.2, 0.25) is 0 Å². The quantitative estimate of drug-likeness (QED) is 0.817. The first-order valence-electron chi connectivity index (χ1n) is 5.26. The van der Waals surface area contributed by atoms with Crippen molar-refractivity contribution in [3.8, 4) is 0 Å². The third kappa shape index (κ3) is 3.55. The lowest BCUT2D eigenvalue weighted by Gasteiger charge is -1.99. The maximum atomic E-state index is 8.87. The molecule has 0 aliphatic rings. The van der Waals surface area contributed by atoms with E-state index in [0.29, 0.717) is 11.6 Å². The van der Waals surface area contributed by atoms with Crippen LogP contribution in [0.1, 0.15) is 17.8 Å². The van der Waals surface area contributed by atoms with E-state index in [4.69, 9.17) is 15.4 Å². The maximum absolute atomic E-state index is 8.87. The molecule has 2 aromatic rings. The third-order valence-corrected chi connectivity index (χ3v) is 3.72. The number of benzene rings is 1. The van der Waals surface area contributed by atoms with E-state index in [1.807, 2.05) is 24.3 Å². The zero-order valence-corrected chi connectivity index (χ0v) is 11.8. The molecule has 0 saturated heterocycles. The molecule has 0 saturated carbocycles. The lowest BCUT2D eigenvalue weighted by molar-refractivity contribution is 0.236. The van der Waals surface area contributed by atoms with Crippen molar-refractivity contribution < 1.29 is 9.63 Å². The van der Waals surface area contributed by atoms with Gasteiger partial charge in [-0.25, -0.2) is 0 Å². The van der Waals surface area contributed by atoms with E-state index >= 15 is 0 Å². The largest absolute Gasteiger partial charge is 0.394 e. The van der Waals surface area contributed by atoms with Crippen LogP contribution in [0.3, 0.4) is 0 Å². The summed E-state index contributed by atoms with van der Waals surface area (Å²) in [5, 5.41) is 12.7. The van der Waals surface area contributed by atoms with Crippen LogP contribution < -0.4 is 5.73 Å². The molecule has 3 N–H and O–H groups in total. The molecule has 0 aliphatic heterocycles. The van der Waals surface area contributed by atoms with E-state index in [1.54, 1.807) is 11.8 Å². The highest BCUT2D eigenvalue weighted by molar-refractivity contribution is 9.10. The van der Waals surface area contributed by atoms with Crippen molar-refractivity contribution in [3.63, 3.8) is 0 Å². The van der Waals surface area contributed by atoms with Crippen LogP contribution in [-0.4, -0.2) is 21.9 Å². The predicted molar refractivity (Wildman–Crippen MR) is 72.0 cm³/mol. The van der Waals surface area contributed by atoms with Crippen LogP contribution in [-0.2, 0) is 5.75 Å². The molecule has 1 aromatic carbocycles. The summed E-state index contributed by atoms with van der Waals surface area (Å²) in [7, 11) is 0. The molecule has 1 heterocycles. The monoisotopic (exact) mass is 329 g/mol. The number of aliphatic hydroxyl groups is 1. The minimum Gasteiger partial charge on any atom is -0.394 e. The fourth-order valence-corrected chi connectivity index (χ4v) is 2.24. The Morgan fingerprint density at radius 3 is 2.78 bits per heavy atom. The highest BCUT2D eigenvalue weighted by Crippen LogP contribution is 2.23. The number of rotatable bonds is 5. The van der Waals surface area contributed by atoms with Crippen LogP contribution in [0.15, 0.2) is 38.2 Å². The maximum Gasteiger partial charge on any atom is 0.245 e. The van der Waals surface area contributed by atoms with Crippen molar-refractivity contribution in [3.05, 3.63) is 40.5 Å². The SMILES string of the molecule is N[C@H](CO)c1nc(CSc2ccc(Br)cc2)no1. The van der Waals surface area contributed by atoms with E-state index < -0.39 is 6.04 Å². The van der Waals surface area contributed by atoms with Gasteiger partial charge in [-0.2, -0.15) is 4.98 Å². The number of nitrogens with zero attached hydrogens (tertiary/aromatic N) is 2. The number of aliphatic hydroxyl groups excluding tert-OH is 1. The van der Waals surface area contributed by atoms with Crippen LogP contribution >= 0.6 is 27.7 Å². The van der Waals surface area contributed by atoms with Crippen LogP contribution in [0.5, 0.6) is 0 Å². The molecule has 96 valence electrons. The van der Waals surface area contributed by atoms with Gasteiger partial charge in [-0.3, -0.25) is 0 Å². The Morgan fingerprint density at radius 1 is 1.39 bits per heavy atom. The number of nitrogens with two attached hydrogens (primary N) is 1. The Labute approximate surface area is 117 Å². The second-order valence-electron chi connectivity index (χ2n) is 3.58. The van der Waals surface area contributed by atoms with Gasteiger partial charge in [0, 0.05) is 9.37 Å². The summed E-state index contributed by atoms with van der Waals surface area (Å²) in [5.41, 5.74) is 5.57. The van der Waals surface area contributed by atoms with Crippen molar-refractivity contribution in [2.24, 2.45) is 5.73 Å². The second-order valence-corrected chi connectivity index (χ2v) is 5.54. The summed E-state index contributed by atoms with van der Waals surface area (Å²) in [6, 6.07) is 7.37. The first-order chi connectivity index (χ1) is 8.69. The zero-order valence-electron chi connectivity index (χ0n) is 9.41. The van der Waals surface area contributed by atoms with Gasteiger partial charge in [0.1, 0.15) is 6.04 Å². The van der Waals surface area contributed by atoms with Gasteiger partial charge in [0.25, 0.3) is 0 Å². The molecule has 7 heteroatoms. The molecule has 1 atom stereocenters. The Bertz CT molecular complexity index is 503. The number of aromatic nitrogens is 2. The Balaban J connectivity index is 1.94. The van der Waals surface area contributed by atoms with Crippen molar-refractivity contribution in [1.82, 2.24) is 10.1 Å². The van der Waals surface area contributed by atoms with Crippen molar-refractivity contribution in [1.29, 1.82) is 0 Å². The van der Waals surface area contributed by atoms with Gasteiger partial charge < -0.3 is 15.4 Å². The first-order valence-corrected chi connectivity index (χ1v) is 7.04. The molecule has 0 spiro atoms. The van der Waals surface area contributed by atoms with Crippen molar-refractivity contribution >= 4 is 27.7 Å². The van der Waals surface area contributed by atoms with Crippen LogP contribution in [0, 0.1) is 0 Å². The van der Waals surface area contributed by atoms with Crippen LogP contribution in [0.4, 0.5) is 0 Å². The van der Waals surface area contributed by atoms with E-state index in [9.17, 15) is 0 Å². The van der Waals surface area contributed by atoms with Crippen LogP contribution in [0.25, 0.3) is 0 Å². The molecule has 2 rings (SSSR count). The third-order valence-electron chi connectivity index (χ3n) is 2.18. The van der Waals surface area contributed by atoms with Gasteiger partial charge >= 0.3 is 0 Å². The van der Waals surface area contributed by atoms with Gasteiger partial charge in [-0.15, -0.1) is 11.8 Å². The molecule has 1 aromatic heterocycles. The van der Waals surface area contributed by atoms with E-state index in [2.05, 4.69) is 26.1 Å². The summed E-state index contributed by atoms with van der Waals surface area (Å²) in [4.78, 5) is 5.24. The second kappa shape index (κ2) is 6.33. The number of halogens is 1. The predicted octanol–water partition coefficient (Wildman–Crippen LogP) is 2.12. The Morgan fingerprint density at radius 2 is 2.11 bits per heavy atom. The van der Waals surface area contributed by atoms with Crippen molar-refractivity contribution in [2.75, 3.05) is 6.61 Å². The number of hydrogen-bond donors (Lipinski definition) is 2. The molecule has 0 unspecified atom stereocenters. The topological polar surface area (TPSA) is 85.2 Å². The van der Waals surface area contributed by atoms with E-state index in [-0.39, 0.29) is 12.5 Å². The van der Waals surface area contributed by atoms with Gasteiger partial charge in [0.05, 0.1) is 12.4 Å². The average molecular weight is 330 g/mol. The Hall–Kier alpha value is -0.890. The average Bonchev–Trinajstić information content (AvgIpc) is 2.86. The van der Waals surface area contributed by atoms with Gasteiger partial charge in [0.15, 0.2) is 5.82 Å². The fraction of sp³-hybridized carbons (Fsp3) is 0.273. The van der Waals surface area contributed by atoms with Gasteiger partial charge in [-0.05, 0) is 24.3 Å². The number of thioether (sulfide) groups is 1. The normalized spacial score (nSPS) is 12.6. The molecule has 18 heavy (non-hydrogen) atoms. The standard InChI is InChI=1S/C11H12BrN3O2S/c12-7-1-3-8(4-2-7)18-6-10-14-11(17-15-10)9(13)5-16/h1-4,9,16H,5-6,13H2/t9-/m1/s1. The minimum absolute atomic E-state index is 0.207. The fourth-order valence-electron chi connectivity index (χ4n) is 1.23. The summed E-state index contributed by atoms with van der Waals surface area (Å²) in [5.74, 6) is 1.44. The molecule has 0 bridgehead atoms. The molecule has 5 nitrogen and oxygen atoms in total. The first kappa shape index (κ1) is 13.5. The van der Waals surface area contributed by atoms with E-state index in [0.717, 1.165) is 9.37 Å². The molecule has 0 aliphatic carbocycles. The lowest BCUT2D eigenvalue weighted by Crippen LogP contribution is -2.14. The van der Waals surface area contributed by atoms with Gasteiger partial charge in [-0.1, -0.05) is 21.1 Å². The number of hydrogen-bond acceptors (Lipinski definition) is 6. The summed E-state index contributed by atoms with van der Waals surface area (Å²) >= 11 is 4.99. The highest BCUT2D eigenvalue weighted by Gasteiger charge is 2.13. The minimum atomic E-state index is -0.607. The summed E-state index contributed by atoms with van der Waals surface area (Å²) in [6.45, 7) is -0.207. The lowest BCUT2D eigenvalue weighted by atomic mass is 10.3. The summed E-state index contributed by atoms with van der Waals surface area (Å²) < 4.78 is 6.00. The van der Waals surface area contributed by atoms with Crippen molar-refractivity contribution in [2.45, 2.75) is 16.7 Å².